The number of aromatic nitrogens is 4. The molecule has 1 aromatic carbocycles. The second-order valence-corrected chi connectivity index (χ2v) is 6.07. The van der Waals surface area contributed by atoms with Crippen molar-refractivity contribution in [3.8, 4) is 5.75 Å². The van der Waals surface area contributed by atoms with Crippen molar-refractivity contribution in [3.63, 3.8) is 0 Å². The zero-order chi connectivity index (χ0) is 19.7. The van der Waals surface area contributed by atoms with E-state index in [0.29, 0.717) is 17.1 Å². The summed E-state index contributed by atoms with van der Waals surface area (Å²) in [4.78, 5) is 40.8. The number of aryl methyl sites for hydroxylation is 2. The van der Waals surface area contributed by atoms with Gasteiger partial charge in [-0.15, -0.1) is 12.4 Å². The van der Waals surface area contributed by atoms with E-state index >= 15 is 0 Å². The summed E-state index contributed by atoms with van der Waals surface area (Å²) in [6.07, 6.45) is 1.53. The largest absolute Gasteiger partial charge is 0.497 e. The highest BCUT2D eigenvalue weighted by molar-refractivity contribution is 5.94. The number of ether oxygens (including phenoxy) is 1. The summed E-state index contributed by atoms with van der Waals surface area (Å²) in [5.74, 6) is 0.294. The number of nitrogens with one attached hydrogen (secondary N) is 1. The van der Waals surface area contributed by atoms with Gasteiger partial charge in [0.1, 0.15) is 5.75 Å². The maximum Gasteiger partial charge on any atom is 0.332 e. The SMILES string of the molecule is COc1ccc(N)c(NC(=O)CCn2cnc3c2c(=O)n(C)c(=O)n3C)c1.Cl. The molecule has 0 saturated carbocycles. The fraction of sp³-hybridized carbons (Fsp3) is 0.294. The van der Waals surface area contributed by atoms with Crippen molar-refractivity contribution in [1.29, 1.82) is 0 Å². The van der Waals surface area contributed by atoms with Crippen molar-refractivity contribution in [1.82, 2.24) is 18.7 Å². The van der Waals surface area contributed by atoms with E-state index in [1.807, 2.05) is 0 Å². The summed E-state index contributed by atoms with van der Waals surface area (Å²) in [6, 6.07) is 4.97. The molecule has 28 heavy (non-hydrogen) atoms. The van der Waals surface area contributed by atoms with Crippen LogP contribution in [0.5, 0.6) is 5.75 Å². The number of anilines is 2. The van der Waals surface area contributed by atoms with Crippen molar-refractivity contribution >= 4 is 40.9 Å². The average molecular weight is 409 g/mol. The van der Waals surface area contributed by atoms with Gasteiger partial charge >= 0.3 is 5.69 Å². The molecule has 2 aromatic heterocycles. The van der Waals surface area contributed by atoms with Crippen LogP contribution < -0.4 is 27.0 Å². The molecule has 3 N–H and O–H groups in total. The van der Waals surface area contributed by atoms with Crippen molar-refractivity contribution in [3.05, 3.63) is 45.4 Å². The fourth-order valence-electron chi connectivity index (χ4n) is 2.77. The van der Waals surface area contributed by atoms with E-state index in [1.165, 1.54) is 25.1 Å². The number of rotatable bonds is 5. The Morgan fingerprint density at radius 1 is 1.25 bits per heavy atom. The maximum atomic E-state index is 12.4. The number of imidazole rings is 1. The molecule has 2 heterocycles. The summed E-state index contributed by atoms with van der Waals surface area (Å²) < 4.78 is 8.99. The fourth-order valence-corrected chi connectivity index (χ4v) is 2.77. The Morgan fingerprint density at radius 2 is 1.96 bits per heavy atom. The number of hydrogen-bond donors (Lipinski definition) is 2. The maximum absolute atomic E-state index is 12.4. The van der Waals surface area contributed by atoms with Crippen LogP contribution in [0.2, 0.25) is 0 Å². The number of nitrogens with two attached hydrogens (primary N) is 1. The molecule has 0 aliphatic heterocycles. The highest BCUT2D eigenvalue weighted by Crippen LogP contribution is 2.24. The Kier molecular flexibility index (Phi) is 6.14. The molecule has 10 nitrogen and oxygen atoms in total. The number of nitrogens with zero attached hydrogens (tertiary/aromatic N) is 4. The molecular weight excluding hydrogens is 388 g/mol. The Morgan fingerprint density at radius 3 is 2.64 bits per heavy atom. The molecule has 0 aliphatic carbocycles. The molecule has 0 atom stereocenters. The van der Waals surface area contributed by atoms with Crippen LogP contribution >= 0.6 is 12.4 Å². The Bertz CT molecular complexity index is 1150. The third-order valence-electron chi connectivity index (χ3n) is 4.33. The number of hydrogen-bond acceptors (Lipinski definition) is 6. The van der Waals surface area contributed by atoms with E-state index in [-0.39, 0.29) is 42.4 Å². The van der Waals surface area contributed by atoms with E-state index in [9.17, 15) is 14.4 Å². The minimum absolute atomic E-state index is 0. The summed E-state index contributed by atoms with van der Waals surface area (Å²) in [5, 5.41) is 2.73. The standard InChI is InChI=1S/C17H20N6O4.ClH/c1-21-15-14(16(25)22(2)17(21)26)23(9-19-15)7-6-13(24)20-12-8-10(27-3)4-5-11(12)18;/h4-5,8-9H,6-7,18H2,1-3H3,(H,20,24);1H. The number of methoxy groups -OCH3 is 1. The van der Waals surface area contributed by atoms with E-state index in [4.69, 9.17) is 10.5 Å². The third kappa shape index (κ3) is 3.72. The lowest BCUT2D eigenvalue weighted by Crippen LogP contribution is -2.37. The zero-order valence-electron chi connectivity index (χ0n) is 15.6. The molecular formula is C17H21ClN6O4. The molecule has 0 aliphatic rings. The van der Waals surface area contributed by atoms with Crippen molar-refractivity contribution in [2.75, 3.05) is 18.2 Å². The quantitative estimate of drug-likeness (QED) is 0.591. The Labute approximate surface area is 165 Å². The lowest BCUT2D eigenvalue weighted by atomic mass is 10.2. The first-order chi connectivity index (χ1) is 12.8. The first kappa shape index (κ1) is 21.0. The molecule has 0 bridgehead atoms. The van der Waals surface area contributed by atoms with Gasteiger partial charge in [0.2, 0.25) is 5.91 Å². The van der Waals surface area contributed by atoms with Crippen molar-refractivity contribution in [2.45, 2.75) is 13.0 Å². The molecule has 11 heteroatoms. The second kappa shape index (κ2) is 8.17. The highest BCUT2D eigenvalue weighted by Gasteiger charge is 2.15. The number of fused-ring (bicyclic) bond motifs is 1. The number of benzene rings is 1. The highest BCUT2D eigenvalue weighted by atomic mass is 35.5. The molecule has 1 amide bonds. The normalized spacial score (nSPS) is 10.5. The lowest BCUT2D eigenvalue weighted by Gasteiger charge is -2.10. The van der Waals surface area contributed by atoms with Gasteiger partial charge in [0.05, 0.1) is 24.8 Å². The van der Waals surface area contributed by atoms with Gasteiger partial charge in [-0.3, -0.25) is 18.7 Å². The van der Waals surface area contributed by atoms with E-state index in [2.05, 4.69) is 10.3 Å². The topological polar surface area (TPSA) is 126 Å². The van der Waals surface area contributed by atoms with Crippen LogP contribution in [0.4, 0.5) is 11.4 Å². The first-order valence-corrected chi connectivity index (χ1v) is 8.17. The molecule has 150 valence electrons. The van der Waals surface area contributed by atoms with Crippen LogP contribution in [0.15, 0.2) is 34.1 Å². The molecule has 0 fully saturated rings. The number of halogens is 1. The van der Waals surface area contributed by atoms with E-state index in [0.717, 1.165) is 4.57 Å². The number of carbonyl (C=O) groups is 1. The van der Waals surface area contributed by atoms with Crippen LogP contribution in [0, 0.1) is 0 Å². The first-order valence-electron chi connectivity index (χ1n) is 8.17. The van der Waals surface area contributed by atoms with Gasteiger partial charge in [0.25, 0.3) is 5.56 Å². The van der Waals surface area contributed by atoms with E-state index < -0.39 is 11.2 Å². The van der Waals surface area contributed by atoms with Gasteiger partial charge < -0.3 is 20.4 Å². The number of amides is 1. The summed E-state index contributed by atoms with van der Waals surface area (Å²) in [6.45, 7) is 0.222. The number of nitrogen functional groups attached to an aromatic ring is 1. The van der Waals surface area contributed by atoms with Gasteiger partial charge in [-0.1, -0.05) is 0 Å². The van der Waals surface area contributed by atoms with E-state index in [1.54, 1.807) is 29.8 Å². The average Bonchev–Trinajstić information content (AvgIpc) is 3.09. The van der Waals surface area contributed by atoms with Gasteiger partial charge in [0, 0.05) is 33.1 Å². The van der Waals surface area contributed by atoms with Gasteiger partial charge in [-0.2, -0.15) is 0 Å². The Balaban J connectivity index is 0.00000280. The minimum Gasteiger partial charge on any atom is -0.497 e. The summed E-state index contributed by atoms with van der Waals surface area (Å²) >= 11 is 0. The molecule has 3 rings (SSSR count). The van der Waals surface area contributed by atoms with Crippen LogP contribution in [-0.4, -0.2) is 31.7 Å². The minimum atomic E-state index is -0.456. The molecule has 0 radical (unpaired) electrons. The van der Waals surface area contributed by atoms with Crippen LogP contribution in [-0.2, 0) is 25.4 Å². The second-order valence-electron chi connectivity index (χ2n) is 6.07. The van der Waals surface area contributed by atoms with Crippen molar-refractivity contribution < 1.29 is 9.53 Å². The molecule has 0 spiro atoms. The smallest absolute Gasteiger partial charge is 0.332 e. The lowest BCUT2D eigenvalue weighted by molar-refractivity contribution is -0.116. The van der Waals surface area contributed by atoms with Crippen LogP contribution in [0.25, 0.3) is 11.2 Å². The van der Waals surface area contributed by atoms with Gasteiger partial charge in [-0.25, -0.2) is 9.78 Å². The molecule has 0 unspecified atom stereocenters. The third-order valence-corrected chi connectivity index (χ3v) is 4.33. The van der Waals surface area contributed by atoms with Crippen LogP contribution in [0.1, 0.15) is 6.42 Å². The summed E-state index contributed by atoms with van der Waals surface area (Å²) in [5.41, 5.74) is 6.37. The predicted octanol–water partition coefficient (Wildman–Crippen LogP) is 0.475. The van der Waals surface area contributed by atoms with Crippen LogP contribution in [0.3, 0.4) is 0 Å². The number of carbonyl (C=O) groups excluding carboxylic acids is 1. The van der Waals surface area contributed by atoms with Gasteiger partial charge in [0.15, 0.2) is 11.2 Å². The van der Waals surface area contributed by atoms with Crippen molar-refractivity contribution in [2.24, 2.45) is 14.1 Å². The summed E-state index contributed by atoms with van der Waals surface area (Å²) in [7, 11) is 4.47. The molecule has 3 aromatic rings. The van der Waals surface area contributed by atoms with Gasteiger partial charge in [-0.05, 0) is 12.1 Å². The zero-order valence-corrected chi connectivity index (χ0v) is 16.4. The Hall–Kier alpha value is -3.27. The predicted molar refractivity (Wildman–Crippen MR) is 108 cm³/mol. The monoisotopic (exact) mass is 408 g/mol. The molecule has 0 saturated heterocycles.